The van der Waals surface area contributed by atoms with Crippen LogP contribution in [-0.2, 0) is 12.8 Å². The van der Waals surface area contributed by atoms with Crippen LogP contribution >= 0.6 is 0 Å². The van der Waals surface area contributed by atoms with E-state index in [1.165, 1.54) is 22.2 Å². The van der Waals surface area contributed by atoms with E-state index in [4.69, 9.17) is 10.5 Å². The molecule has 0 aliphatic heterocycles. The lowest BCUT2D eigenvalue weighted by molar-refractivity contribution is 0.325. The monoisotopic (exact) mass is 431 g/mol. The lowest BCUT2D eigenvalue weighted by Crippen LogP contribution is -2.24. The second kappa shape index (κ2) is 12.8. The van der Waals surface area contributed by atoms with Gasteiger partial charge in [-0.25, -0.2) is 0 Å². The van der Waals surface area contributed by atoms with Crippen molar-refractivity contribution in [3.8, 4) is 5.75 Å². The number of aromatic amines is 1. The molecule has 0 amide bonds. The first kappa shape index (κ1) is 23.7. The van der Waals surface area contributed by atoms with Gasteiger partial charge in [-0.2, -0.15) is 0 Å². The molecule has 0 unspecified atom stereocenters. The summed E-state index contributed by atoms with van der Waals surface area (Å²) in [7, 11) is 0. The molecule has 1 aromatic heterocycles. The molecule has 32 heavy (non-hydrogen) atoms. The van der Waals surface area contributed by atoms with E-state index >= 15 is 0 Å². The minimum atomic E-state index is 0.652. The zero-order chi connectivity index (χ0) is 22.6. The highest BCUT2D eigenvalue weighted by atomic mass is 16.5. The van der Waals surface area contributed by atoms with Crippen molar-refractivity contribution in [3.05, 3.63) is 84.6 Å². The molecule has 170 valence electrons. The Labute approximate surface area is 192 Å². The topological polar surface area (TPSA) is 54.3 Å². The third-order valence-corrected chi connectivity index (χ3v) is 5.61. The number of hydrogen-bond acceptors (Lipinski definition) is 3. The van der Waals surface area contributed by atoms with Crippen molar-refractivity contribution in [2.24, 2.45) is 5.73 Å². The second-order valence-corrected chi connectivity index (χ2v) is 8.10. The number of H-pyrrole nitrogens is 1. The maximum absolute atomic E-state index is 5.97. The van der Waals surface area contributed by atoms with Crippen molar-refractivity contribution in [1.29, 1.82) is 0 Å². The molecule has 0 fully saturated rings. The molecule has 0 bridgehead atoms. The van der Waals surface area contributed by atoms with Crippen molar-refractivity contribution >= 4 is 16.6 Å². The van der Waals surface area contributed by atoms with Crippen LogP contribution in [-0.4, -0.2) is 31.2 Å². The molecule has 0 aliphatic carbocycles. The zero-order valence-electron chi connectivity index (χ0n) is 19.4. The lowest BCUT2D eigenvalue weighted by atomic mass is 10.1. The molecule has 4 nitrogen and oxygen atoms in total. The summed E-state index contributed by atoms with van der Waals surface area (Å²) in [5.74, 6) is 0.915. The van der Waals surface area contributed by atoms with Gasteiger partial charge in [0.2, 0.25) is 0 Å². The van der Waals surface area contributed by atoms with Crippen LogP contribution in [0.5, 0.6) is 5.75 Å². The van der Waals surface area contributed by atoms with Gasteiger partial charge < -0.3 is 20.4 Å². The van der Waals surface area contributed by atoms with Crippen LogP contribution in [0.1, 0.15) is 37.3 Å². The Bertz CT molecular complexity index is 988. The van der Waals surface area contributed by atoms with Gasteiger partial charge in [0.15, 0.2) is 0 Å². The molecular formula is C28H37N3O. The van der Waals surface area contributed by atoms with E-state index in [-0.39, 0.29) is 0 Å². The number of fused-ring (bicyclic) bond motifs is 1. The smallest absolute Gasteiger partial charge is 0.120 e. The van der Waals surface area contributed by atoms with Crippen molar-refractivity contribution in [2.45, 2.75) is 39.0 Å². The van der Waals surface area contributed by atoms with Gasteiger partial charge in [-0.3, -0.25) is 0 Å². The minimum Gasteiger partial charge on any atom is -0.493 e. The highest BCUT2D eigenvalue weighted by Gasteiger charge is 2.06. The van der Waals surface area contributed by atoms with E-state index < -0.39 is 0 Å². The Balaban J connectivity index is 1.43. The number of nitrogens with zero attached hydrogens (tertiary/aromatic N) is 1. The summed E-state index contributed by atoms with van der Waals surface area (Å²) in [4.78, 5) is 5.76. The van der Waals surface area contributed by atoms with Gasteiger partial charge in [-0.1, -0.05) is 37.3 Å². The van der Waals surface area contributed by atoms with Crippen LogP contribution in [0.2, 0.25) is 0 Å². The van der Waals surface area contributed by atoms with Crippen LogP contribution < -0.4 is 15.4 Å². The van der Waals surface area contributed by atoms with Crippen LogP contribution in [0.4, 0.5) is 5.69 Å². The van der Waals surface area contributed by atoms with Crippen molar-refractivity contribution < 1.29 is 4.74 Å². The normalized spacial score (nSPS) is 11.3. The number of aromatic nitrogens is 1. The number of ether oxygens (including phenoxy) is 1. The predicted octanol–water partition coefficient (Wildman–Crippen LogP) is 6.03. The molecule has 3 aromatic rings. The number of allylic oxidation sites excluding steroid dienone is 1. The molecule has 0 spiro atoms. The van der Waals surface area contributed by atoms with E-state index in [0.29, 0.717) is 13.2 Å². The van der Waals surface area contributed by atoms with Gasteiger partial charge in [0.25, 0.3) is 0 Å². The van der Waals surface area contributed by atoms with Gasteiger partial charge in [0, 0.05) is 35.9 Å². The SMILES string of the molecule is C=CCc1ccc(N(CCC)CC/C=C/CCOc2ccc3[nH]cc(CCN)c3c2)cc1. The number of nitrogens with two attached hydrogens (primary N) is 1. The Hall–Kier alpha value is -2.98. The van der Waals surface area contributed by atoms with Gasteiger partial charge in [0.05, 0.1) is 6.61 Å². The minimum absolute atomic E-state index is 0.652. The molecule has 4 heteroatoms. The summed E-state index contributed by atoms with van der Waals surface area (Å²) in [6, 6.07) is 15.1. The molecule has 0 radical (unpaired) electrons. The fourth-order valence-corrected chi connectivity index (χ4v) is 3.97. The fraction of sp³-hybridized carbons (Fsp3) is 0.357. The second-order valence-electron chi connectivity index (χ2n) is 8.10. The molecule has 0 saturated heterocycles. The van der Waals surface area contributed by atoms with Gasteiger partial charge >= 0.3 is 0 Å². The zero-order valence-corrected chi connectivity index (χ0v) is 19.4. The molecule has 0 atom stereocenters. The first-order valence-corrected chi connectivity index (χ1v) is 11.8. The van der Waals surface area contributed by atoms with Crippen molar-refractivity contribution in [2.75, 3.05) is 31.1 Å². The van der Waals surface area contributed by atoms with Crippen LogP contribution in [0.25, 0.3) is 10.9 Å². The summed E-state index contributed by atoms with van der Waals surface area (Å²) in [5, 5.41) is 1.21. The van der Waals surface area contributed by atoms with Crippen LogP contribution in [0.15, 0.2) is 73.5 Å². The van der Waals surface area contributed by atoms with Gasteiger partial charge in [0.1, 0.15) is 5.75 Å². The fourth-order valence-electron chi connectivity index (χ4n) is 3.97. The number of hydrogen-bond donors (Lipinski definition) is 2. The maximum atomic E-state index is 5.97. The largest absolute Gasteiger partial charge is 0.493 e. The standard InChI is InChI=1S/C28H37N3O/c1-3-9-23-10-12-25(13-11-23)31(18-4-2)19-7-5-6-8-20-32-26-14-15-28-27(21-26)24(16-17-29)22-30-28/h3,5-6,10-15,21-22,30H,1,4,7-9,16-20,29H2,2H3/b6-5+. The average molecular weight is 432 g/mol. The molecular weight excluding hydrogens is 394 g/mol. The first-order chi connectivity index (χ1) is 15.7. The number of anilines is 1. The summed E-state index contributed by atoms with van der Waals surface area (Å²) < 4.78 is 5.97. The molecule has 2 aromatic carbocycles. The molecule has 0 saturated carbocycles. The first-order valence-electron chi connectivity index (χ1n) is 11.8. The lowest BCUT2D eigenvalue weighted by Gasteiger charge is -2.24. The van der Waals surface area contributed by atoms with Crippen LogP contribution in [0.3, 0.4) is 0 Å². The highest BCUT2D eigenvalue weighted by Crippen LogP contribution is 2.24. The summed E-state index contributed by atoms with van der Waals surface area (Å²) in [6.45, 7) is 9.49. The Morgan fingerprint density at radius 2 is 1.88 bits per heavy atom. The molecule has 1 heterocycles. The van der Waals surface area contributed by atoms with E-state index in [1.807, 2.05) is 18.3 Å². The van der Waals surface area contributed by atoms with E-state index in [0.717, 1.165) is 56.5 Å². The summed E-state index contributed by atoms with van der Waals surface area (Å²) in [6.07, 6.45) is 13.4. The highest BCUT2D eigenvalue weighted by molar-refractivity contribution is 5.84. The number of rotatable bonds is 14. The number of benzene rings is 2. The van der Waals surface area contributed by atoms with Gasteiger partial charge in [-0.05, 0) is 80.1 Å². The van der Waals surface area contributed by atoms with Crippen LogP contribution in [0, 0.1) is 0 Å². The third-order valence-electron chi connectivity index (χ3n) is 5.61. The van der Waals surface area contributed by atoms with Crippen molar-refractivity contribution in [3.63, 3.8) is 0 Å². The van der Waals surface area contributed by atoms with Gasteiger partial charge in [-0.15, -0.1) is 6.58 Å². The molecule has 0 aliphatic rings. The Morgan fingerprint density at radius 1 is 1.06 bits per heavy atom. The average Bonchev–Trinajstić information content (AvgIpc) is 3.21. The third kappa shape index (κ3) is 6.76. The molecule has 3 rings (SSSR count). The predicted molar refractivity (Wildman–Crippen MR) is 138 cm³/mol. The van der Waals surface area contributed by atoms with E-state index in [1.54, 1.807) is 0 Å². The van der Waals surface area contributed by atoms with Crippen molar-refractivity contribution in [1.82, 2.24) is 4.98 Å². The van der Waals surface area contributed by atoms with E-state index in [2.05, 4.69) is 71.9 Å². The Kier molecular flexibility index (Phi) is 9.45. The summed E-state index contributed by atoms with van der Waals surface area (Å²) in [5.41, 5.74) is 10.7. The summed E-state index contributed by atoms with van der Waals surface area (Å²) >= 11 is 0. The quantitative estimate of drug-likeness (QED) is 0.242. The Morgan fingerprint density at radius 3 is 2.62 bits per heavy atom. The maximum Gasteiger partial charge on any atom is 0.120 e. The van der Waals surface area contributed by atoms with E-state index in [9.17, 15) is 0 Å². The number of nitrogens with one attached hydrogen (secondary N) is 1. The molecule has 3 N–H and O–H groups in total.